The second kappa shape index (κ2) is 5.54. The second-order valence-electron chi connectivity index (χ2n) is 4.52. The Kier molecular flexibility index (Phi) is 4.01. The van der Waals surface area contributed by atoms with Crippen LogP contribution in [-0.4, -0.2) is 45.7 Å². The highest BCUT2D eigenvalue weighted by Gasteiger charge is 2.37. The van der Waals surface area contributed by atoms with E-state index in [1.54, 1.807) is 17.4 Å². The topological polar surface area (TPSA) is 77.8 Å². The molecule has 1 unspecified atom stereocenters. The molecule has 2 heterocycles. The van der Waals surface area contributed by atoms with Gasteiger partial charge in [-0.15, -0.1) is 11.3 Å². The van der Waals surface area contributed by atoms with Gasteiger partial charge in [-0.1, -0.05) is 0 Å². The number of carboxylic acids is 1. The van der Waals surface area contributed by atoms with Gasteiger partial charge >= 0.3 is 5.97 Å². The van der Waals surface area contributed by atoms with Crippen LogP contribution in [0.2, 0.25) is 0 Å². The van der Waals surface area contributed by atoms with Crippen LogP contribution in [0.3, 0.4) is 0 Å². The lowest BCUT2D eigenvalue weighted by atomic mass is 10.2. The number of carbonyl (C=O) groups is 2. The molecule has 102 valence electrons. The number of likely N-dealkylation sites (tertiary alicyclic amines) is 1. The summed E-state index contributed by atoms with van der Waals surface area (Å²) in [4.78, 5) is 26.3. The number of carbonyl (C=O) groups excluding carboxylic acids is 1. The first-order valence-corrected chi connectivity index (χ1v) is 6.75. The van der Waals surface area contributed by atoms with Crippen LogP contribution in [0.1, 0.15) is 16.2 Å². The van der Waals surface area contributed by atoms with Crippen LogP contribution in [0, 0.1) is 6.92 Å². The molecular weight excluding hydrogens is 266 g/mol. The molecule has 0 radical (unpaired) electrons. The van der Waals surface area contributed by atoms with Gasteiger partial charge in [0.05, 0.1) is 6.10 Å². The standard InChI is InChI=1S/C13H15NO4S/c1-8-2-3-10(19-8)4-5-12(16)14-7-9(15)6-11(14)13(17)18/h2-5,9,11,15H,6-7H2,1H3,(H,17,18)/b5-4+/t9?,11-/m0/s1. The predicted octanol–water partition coefficient (Wildman–Crippen LogP) is 1.12. The van der Waals surface area contributed by atoms with Crippen molar-refractivity contribution in [3.8, 4) is 0 Å². The van der Waals surface area contributed by atoms with Crippen LogP contribution in [-0.2, 0) is 9.59 Å². The lowest BCUT2D eigenvalue weighted by molar-refractivity contribution is -0.146. The highest BCUT2D eigenvalue weighted by molar-refractivity contribution is 7.12. The Morgan fingerprint density at radius 3 is 2.79 bits per heavy atom. The summed E-state index contributed by atoms with van der Waals surface area (Å²) in [6.45, 7) is 2.05. The lowest BCUT2D eigenvalue weighted by Crippen LogP contribution is -2.39. The molecule has 19 heavy (non-hydrogen) atoms. The minimum absolute atomic E-state index is 0.0730. The molecule has 2 N–H and O–H groups in total. The Morgan fingerprint density at radius 1 is 1.47 bits per heavy atom. The molecule has 2 atom stereocenters. The number of aryl methyl sites for hydroxylation is 1. The number of nitrogens with zero attached hydrogens (tertiary/aromatic N) is 1. The van der Waals surface area contributed by atoms with Gasteiger partial charge < -0.3 is 15.1 Å². The molecule has 0 saturated carbocycles. The minimum atomic E-state index is -1.08. The number of hydrogen-bond donors (Lipinski definition) is 2. The Hall–Kier alpha value is -1.66. The predicted molar refractivity (Wildman–Crippen MR) is 71.9 cm³/mol. The van der Waals surface area contributed by atoms with Gasteiger partial charge in [-0.2, -0.15) is 0 Å². The zero-order chi connectivity index (χ0) is 14.0. The van der Waals surface area contributed by atoms with E-state index in [4.69, 9.17) is 5.11 Å². The average Bonchev–Trinajstić information content (AvgIpc) is 2.92. The van der Waals surface area contributed by atoms with E-state index in [1.165, 1.54) is 11.0 Å². The molecule has 5 nitrogen and oxygen atoms in total. The summed E-state index contributed by atoms with van der Waals surface area (Å²) in [6.07, 6.45) is 2.36. The van der Waals surface area contributed by atoms with Crippen molar-refractivity contribution in [3.63, 3.8) is 0 Å². The molecule has 1 aromatic heterocycles. The van der Waals surface area contributed by atoms with E-state index < -0.39 is 18.1 Å². The van der Waals surface area contributed by atoms with Gasteiger partial charge in [0.2, 0.25) is 5.91 Å². The Labute approximate surface area is 114 Å². The lowest BCUT2D eigenvalue weighted by Gasteiger charge is -2.19. The maximum atomic E-state index is 12.0. The molecule has 1 fully saturated rings. The summed E-state index contributed by atoms with van der Waals surface area (Å²) in [5.41, 5.74) is 0. The second-order valence-corrected chi connectivity index (χ2v) is 5.84. The van der Waals surface area contributed by atoms with E-state index in [2.05, 4.69) is 0 Å². The van der Waals surface area contributed by atoms with Crippen molar-refractivity contribution in [2.75, 3.05) is 6.54 Å². The van der Waals surface area contributed by atoms with Gasteiger partial charge in [0.25, 0.3) is 0 Å². The fourth-order valence-corrected chi connectivity index (χ4v) is 2.86. The smallest absolute Gasteiger partial charge is 0.326 e. The average molecular weight is 281 g/mol. The van der Waals surface area contributed by atoms with Crippen LogP contribution in [0.15, 0.2) is 18.2 Å². The van der Waals surface area contributed by atoms with Crippen LogP contribution in [0.25, 0.3) is 6.08 Å². The highest BCUT2D eigenvalue weighted by atomic mass is 32.1. The van der Waals surface area contributed by atoms with E-state index in [0.717, 1.165) is 9.75 Å². The van der Waals surface area contributed by atoms with Crippen molar-refractivity contribution in [2.24, 2.45) is 0 Å². The number of hydrogen-bond acceptors (Lipinski definition) is 4. The molecule has 1 aromatic rings. The van der Waals surface area contributed by atoms with E-state index in [9.17, 15) is 14.7 Å². The molecule has 6 heteroatoms. The van der Waals surface area contributed by atoms with Crippen molar-refractivity contribution < 1.29 is 19.8 Å². The van der Waals surface area contributed by atoms with Crippen LogP contribution < -0.4 is 0 Å². The molecule has 0 bridgehead atoms. The van der Waals surface area contributed by atoms with Crippen molar-refractivity contribution in [2.45, 2.75) is 25.5 Å². The summed E-state index contributed by atoms with van der Waals surface area (Å²) in [6, 6.07) is 2.92. The maximum Gasteiger partial charge on any atom is 0.326 e. The number of thiophene rings is 1. The molecule has 0 aliphatic carbocycles. The number of β-amino-alcohol motifs (C(OH)–C–C–N with tert-alkyl or cyclic N) is 1. The molecule has 1 saturated heterocycles. The molecular formula is C13H15NO4S. The Bertz CT molecular complexity index is 522. The fraction of sp³-hybridized carbons (Fsp3) is 0.385. The number of aliphatic carboxylic acids is 1. The van der Waals surface area contributed by atoms with Gasteiger partial charge in [-0.25, -0.2) is 4.79 Å². The zero-order valence-electron chi connectivity index (χ0n) is 10.4. The summed E-state index contributed by atoms with van der Waals surface area (Å²) >= 11 is 1.56. The van der Waals surface area contributed by atoms with E-state index >= 15 is 0 Å². The SMILES string of the molecule is Cc1ccc(/C=C/C(=O)N2CC(O)C[C@H]2C(=O)O)s1. The molecule has 1 aliphatic rings. The third kappa shape index (κ3) is 3.21. The summed E-state index contributed by atoms with van der Waals surface area (Å²) < 4.78 is 0. The first-order chi connectivity index (χ1) is 8.97. The highest BCUT2D eigenvalue weighted by Crippen LogP contribution is 2.20. The van der Waals surface area contributed by atoms with Crippen molar-refractivity contribution in [1.29, 1.82) is 0 Å². The maximum absolute atomic E-state index is 12.0. The van der Waals surface area contributed by atoms with Gasteiger partial charge in [0, 0.05) is 28.8 Å². The molecule has 1 aliphatic heterocycles. The first-order valence-electron chi connectivity index (χ1n) is 5.93. The van der Waals surface area contributed by atoms with E-state index in [-0.39, 0.29) is 18.9 Å². The van der Waals surface area contributed by atoms with Crippen LogP contribution >= 0.6 is 11.3 Å². The Morgan fingerprint density at radius 2 is 2.21 bits per heavy atom. The summed E-state index contributed by atoms with van der Waals surface area (Å²) in [5, 5.41) is 18.5. The molecule has 0 spiro atoms. The summed E-state index contributed by atoms with van der Waals surface area (Å²) in [5.74, 6) is -1.46. The van der Waals surface area contributed by atoms with Crippen LogP contribution in [0.4, 0.5) is 0 Å². The number of rotatable bonds is 3. The van der Waals surface area contributed by atoms with Gasteiger partial charge in [0.1, 0.15) is 6.04 Å². The number of amides is 1. The number of carboxylic acid groups (broad SMARTS) is 1. The normalized spacial score (nSPS) is 23.2. The fourth-order valence-electron chi connectivity index (χ4n) is 2.08. The quantitative estimate of drug-likeness (QED) is 0.814. The molecule has 2 rings (SSSR count). The van der Waals surface area contributed by atoms with Gasteiger partial charge in [0.15, 0.2) is 0 Å². The summed E-state index contributed by atoms with van der Waals surface area (Å²) in [7, 11) is 0. The molecule has 0 aromatic carbocycles. The third-order valence-corrected chi connectivity index (χ3v) is 3.96. The number of aliphatic hydroxyl groups is 1. The van der Waals surface area contributed by atoms with Crippen molar-refractivity contribution in [1.82, 2.24) is 4.90 Å². The van der Waals surface area contributed by atoms with Gasteiger partial charge in [-0.05, 0) is 25.1 Å². The molecule has 1 amide bonds. The van der Waals surface area contributed by atoms with Crippen LogP contribution in [0.5, 0.6) is 0 Å². The first kappa shape index (κ1) is 13.8. The minimum Gasteiger partial charge on any atom is -0.480 e. The monoisotopic (exact) mass is 281 g/mol. The van der Waals surface area contributed by atoms with E-state index in [1.807, 2.05) is 19.1 Å². The largest absolute Gasteiger partial charge is 0.480 e. The van der Waals surface area contributed by atoms with Crippen molar-refractivity contribution >= 4 is 29.3 Å². The third-order valence-electron chi connectivity index (χ3n) is 3.00. The zero-order valence-corrected chi connectivity index (χ0v) is 11.3. The number of aliphatic hydroxyl groups excluding tert-OH is 1. The van der Waals surface area contributed by atoms with Crippen molar-refractivity contribution in [3.05, 3.63) is 28.0 Å². The van der Waals surface area contributed by atoms with Gasteiger partial charge in [-0.3, -0.25) is 4.79 Å². The Balaban J connectivity index is 2.06. The van der Waals surface area contributed by atoms with E-state index in [0.29, 0.717) is 0 Å².